The molecule has 15 heavy (non-hydrogen) atoms. The number of benzene rings is 1. The molecule has 0 aliphatic rings. The normalized spacial score (nSPS) is 12.0. The second kappa shape index (κ2) is 5.86. The van der Waals surface area contributed by atoms with Crippen LogP contribution in [-0.2, 0) is 0 Å². The summed E-state index contributed by atoms with van der Waals surface area (Å²) in [6, 6.07) is 7.45. The van der Waals surface area contributed by atoms with E-state index in [1.165, 1.54) is 13.3 Å². The second-order valence-corrected chi connectivity index (χ2v) is 3.09. The molecule has 0 atom stereocenters. The van der Waals surface area contributed by atoms with E-state index in [4.69, 9.17) is 4.74 Å². The summed E-state index contributed by atoms with van der Waals surface area (Å²) in [5.41, 5.74) is 0.791. The van der Waals surface area contributed by atoms with E-state index in [1.54, 1.807) is 0 Å². The van der Waals surface area contributed by atoms with Gasteiger partial charge in [0.2, 0.25) is 0 Å². The van der Waals surface area contributed by atoms with E-state index in [-0.39, 0.29) is 0 Å². The summed E-state index contributed by atoms with van der Waals surface area (Å²) in [4.78, 5) is 0. The molecule has 1 aromatic carbocycles. The molecule has 3 heteroatoms. The van der Waals surface area contributed by atoms with E-state index >= 15 is 0 Å². The minimum atomic E-state index is 0.518. The predicted molar refractivity (Wildman–Crippen MR) is 61.5 cm³/mol. The molecule has 0 aromatic heterocycles. The third kappa shape index (κ3) is 3.85. The zero-order valence-electron chi connectivity index (χ0n) is 9.01. The summed E-state index contributed by atoms with van der Waals surface area (Å²) < 4.78 is 6.26. The minimum absolute atomic E-state index is 0.518. The molecule has 0 N–H and O–H groups in total. The van der Waals surface area contributed by atoms with Crippen LogP contribution in [0.5, 0.6) is 5.75 Å². The highest BCUT2D eigenvalue weighted by Crippen LogP contribution is 2.15. The molecule has 1 aromatic rings. The highest BCUT2D eigenvalue weighted by atomic mass is 16.5. The molecule has 0 aliphatic carbocycles. The van der Waals surface area contributed by atoms with E-state index in [0.717, 1.165) is 16.1 Å². The summed E-state index contributed by atoms with van der Waals surface area (Å²) in [5, 5.41) is 10.9. The lowest BCUT2D eigenvalue weighted by Crippen LogP contribution is -2.02. The van der Waals surface area contributed by atoms with Gasteiger partial charge in [-0.25, -0.2) is 4.74 Å². The molecule has 80 valence electrons. The number of hydroxylamine groups is 1. The van der Waals surface area contributed by atoms with Crippen LogP contribution in [0.1, 0.15) is 12.5 Å². The first-order valence-electron chi connectivity index (χ1n) is 4.82. The Labute approximate surface area is 89.9 Å². The lowest BCUT2D eigenvalue weighted by Gasteiger charge is -2.05. The summed E-state index contributed by atoms with van der Waals surface area (Å²) in [5.74, 6) is 0.721. The minimum Gasteiger partial charge on any atom is -0.624 e. The van der Waals surface area contributed by atoms with Crippen molar-refractivity contribution >= 4 is 6.21 Å². The van der Waals surface area contributed by atoms with Crippen LogP contribution in [-0.4, -0.2) is 24.6 Å². The van der Waals surface area contributed by atoms with Crippen molar-refractivity contribution in [2.75, 3.05) is 13.7 Å². The van der Waals surface area contributed by atoms with Crippen LogP contribution in [0.15, 0.2) is 36.4 Å². The molecular weight excluding hydrogens is 190 g/mol. The van der Waals surface area contributed by atoms with E-state index in [0.29, 0.717) is 6.61 Å². The number of para-hydroxylation sites is 1. The highest BCUT2D eigenvalue weighted by Gasteiger charge is 2.01. The Hall–Kier alpha value is -1.77. The second-order valence-electron chi connectivity index (χ2n) is 3.09. The fourth-order valence-corrected chi connectivity index (χ4v) is 1.15. The van der Waals surface area contributed by atoms with Crippen LogP contribution in [0.2, 0.25) is 0 Å². The summed E-state index contributed by atoms with van der Waals surface area (Å²) in [6.07, 6.45) is 5.33. The van der Waals surface area contributed by atoms with Gasteiger partial charge in [0.25, 0.3) is 0 Å². The third-order valence-electron chi connectivity index (χ3n) is 1.81. The number of hydrogen-bond donors (Lipinski definition) is 0. The Balaban J connectivity index is 2.81. The Kier molecular flexibility index (Phi) is 4.41. The van der Waals surface area contributed by atoms with Gasteiger partial charge in [0.05, 0.1) is 5.56 Å². The average molecular weight is 205 g/mol. The zero-order valence-corrected chi connectivity index (χ0v) is 9.01. The Morgan fingerprint density at radius 2 is 2.13 bits per heavy atom. The maximum Gasteiger partial charge on any atom is 0.185 e. The fraction of sp³-hybridized carbons (Fsp3) is 0.250. The monoisotopic (exact) mass is 205 g/mol. The van der Waals surface area contributed by atoms with Gasteiger partial charge in [0.15, 0.2) is 6.21 Å². The molecule has 3 nitrogen and oxygen atoms in total. The van der Waals surface area contributed by atoms with E-state index in [1.807, 2.05) is 43.3 Å². The molecule has 0 aliphatic heterocycles. The van der Waals surface area contributed by atoms with Gasteiger partial charge in [-0.2, -0.15) is 0 Å². The number of nitrogens with zero attached hydrogens (tertiary/aromatic N) is 1. The van der Waals surface area contributed by atoms with E-state index in [2.05, 4.69) is 0 Å². The maximum absolute atomic E-state index is 10.9. The van der Waals surface area contributed by atoms with Crippen molar-refractivity contribution in [3.8, 4) is 5.75 Å². The predicted octanol–water partition coefficient (Wildman–Crippen LogP) is 2.20. The Morgan fingerprint density at radius 3 is 2.80 bits per heavy atom. The van der Waals surface area contributed by atoms with Gasteiger partial charge in [-0.15, -0.1) is 0 Å². The average Bonchev–Trinajstić information content (AvgIpc) is 2.20. The molecule has 0 spiro atoms. The molecule has 0 heterocycles. The van der Waals surface area contributed by atoms with Crippen molar-refractivity contribution in [2.24, 2.45) is 0 Å². The summed E-state index contributed by atoms with van der Waals surface area (Å²) >= 11 is 0. The van der Waals surface area contributed by atoms with Crippen LogP contribution < -0.4 is 4.74 Å². The van der Waals surface area contributed by atoms with E-state index in [9.17, 15) is 5.21 Å². The lowest BCUT2D eigenvalue weighted by molar-refractivity contribution is -0.416. The summed E-state index contributed by atoms with van der Waals surface area (Å²) in [7, 11) is 1.45. The standard InChI is InChI=1S/C12H15NO2/c1-3-4-9-15-12-8-6-5-7-11(12)10-13(2)14/h3-8,10H,9H2,1-2H3/b4-3+,13-10-. The van der Waals surface area contributed by atoms with E-state index < -0.39 is 0 Å². The van der Waals surface area contributed by atoms with Crippen molar-refractivity contribution in [2.45, 2.75) is 6.92 Å². The molecule has 0 saturated heterocycles. The maximum atomic E-state index is 10.9. The van der Waals surface area contributed by atoms with Gasteiger partial charge >= 0.3 is 0 Å². The molecule has 0 fully saturated rings. The van der Waals surface area contributed by atoms with Gasteiger partial charge in [0, 0.05) is 0 Å². The van der Waals surface area contributed by atoms with Crippen molar-refractivity contribution in [1.82, 2.24) is 0 Å². The topological polar surface area (TPSA) is 35.3 Å². The van der Waals surface area contributed by atoms with Crippen LogP contribution >= 0.6 is 0 Å². The van der Waals surface area contributed by atoms with Crippen molar-refractivity contribution in [3.05, 3.63) is 47.2 Å². The number of hydrogen-bond acceptors (Lipinski definition) is 2. The fourth-order valence-electron chi connectivity index (χ4n) is 1.15. The zero-order chi connectivity index (χ0) is 11.1. The van der Waals surface area contributed by atoms with Gasteiger partial charge in [-0.1, -0.05) is 24.3 Å². The molecule has 0 saturated carbocycles. The van der Waals surface area contributed by atoms with Crippen LogP contribution in [0.25, 0.3) is 0 Å². The Bertz CT molecular complexity index is 366. The number of allylic oxidation sites excluding steroid dienone is 1. The van der Waals surface area contributed by atoms with Crippen molar-refractivity contribution in [3.63, 3.8) is 0 Å². The van der Waals surface area contributed by atoms with Crippen LogP contribution in [0.4, 0.5) is 0 Å². The third-order valence-corrected chi connectivity index (χ3v) is 1.81. The lowest BCUT2D eigenvalue weighted by atomic mass is 10.2. The van der Waals surface area contributed by atoms with Gasteiger partial charge < -0.3 is 9.94 Å². The number of rotatable bonds is 4. The van der Waals surface area contributed by atoms with Crippen molar-refractivity contribution in [1.29, 1.82) is 0 Å². The smallest absolute Gasteiger partial charge is 0.185 e. The molecule has 1 rings (SSSR count). The molecular formula is C12H15NO2. The molecule has 0 amide bonds. The first-order chi connectivity index (χ1) is 7.24. The van der Waals surface area contributed by atoms with Crippen molar-refractivity contribution < 1.29 is 9.48 Å². The SMILES string of the molecule is C/C=C/COc1ccccc1/C=[N+](/C)[O-]. The summed E-state index contributed by atoms with van der Waals surface area (Å²) in [6.45, 7) is 2.46. The van der Waals surface area contributed by atoms with Crippen LogP contribution in [0.3, 0.4) is 0 Å². The highest BCUT2D eigenvalue weighted by molar-refractivity contribution is 5.79. The molecule has 0 radical (unpaired) electrons. The van der Waals surface area contributed by atoms with Gasteiger partial charge in [0.1, 0.15) is 19.4 Å². The van der Waals surface area contributed by atoms with Gasteiger partial charge in [-0.3, -0.25) is 0 Å². The largest absolute Gasteiger partial charge is 0.624 e. The number of ether oxygens (including phenoxy) is 1. The molecule has 0 bridgehead atoms. The van der Waals surface area contributed by atoms with Gasteiger partial charge in [-0.05, 0) is 19.1 Å². The Morgan fingerprint density at radius 1 is 1.40 bits per heavy atom. The first-order valence-corrected chi connectivity index (χ1v) is 4.82. The quantitative estimate of drug-likeness (QED) is 0.248. The molecule has 0 unspecified atom stereocenters. The van der Waals surface area contributed by atoms with Crippen LogP contribution in [0, 0.1) is 5.21 Å². The first kappa shape index (κ1) is 11.3.